The maximum atomic E-state index is 13.3. The molecule has 1 aliphatic rings. The van der Waals surface area contributed by atoms with Crippen molar-refractivity contribution in [1.82, 2.24) is 9.47 Å². The fraction of sp³-hybridized carbons (Fsp3) is 0.320. The van der Waals surface area contributed by atoms with E-state index < -0.39 is 0 Å². The van der Waals surface area contributed by atoms with Gasteiger partial charge in [0.2, 0.25) is 5.91 Å². The molecular formula is C25H27ClN2O. The molecule has 1 heterocycles. The van der Waals surface area contributed by atoms with E-state index in [0.29, 0.717) is 19.6 Å². The van der Waals surface area contributed by atoms with Crippen LogP contribution in [0.2, 0.25) is 5.02 Å². The van der Waals surface area contributed by atoms with Gasteiger partial charge in [0.25, 0.3) is 0 Å². The van der Waals surface area contributed by atoms with Crippen molar-refractivity contribution in [2.24, 2.45) is 5.92 Å². The van der Waals surface area contributed by atoms with Gasteiger partial charge in [-0.3, -0.25) is 4.79 Å². The van der Waals surface area contributed by atoms with Crippen LogP contribution in [0.3, 0.4) is 0 Å². The summed E-state index contributed by atoms with van der Waals surface area (Å²) < 4.78 is 2.20. The first kappa shape index (κ1) is 19.8. The minimum absolute atomic E-state index is 0.172. The van der Waals surface area contributed by atoms with Crippen LogP contribution in [0.25, 0.3) is 0 Å². The van der Waals surface area contributed by atoms with Gasteiger partial charge in [0, 0.05) is 35.9 Å². The van der Waals surface area contributed by atoms with Crippen LogP contribution >= 0.6 is 11.6 Å². The lowest BCUT2D eigenvalue weighted by atomic mass is 10.1. The van der Waals surface area contributed by atoms with Crippen LogP contribution in [-0.2, 0) is 24.4 Å². The Morgan fingerprint density at radius 2 is 1.66 bits per heavy atom. The molecule has 0 saturated heterocycles. The van der Waals surface area contributed by atoms with Crippen molar-refractivity contribution in [3.8, 4) is 0 Å². The average Bonchev–Trinajstić information content (AvgIpc) is 3.42. The Morgan fingerprint density at radius 3 is 2.41 bits per heavy atom. The quantitative estimate of drug-likeness (QED) is 0.478. The van der Waals surface area contributed by atoms with Crippen LogP contribution in [0, 0.1) is 5.92 Å². The standard InChI is InChI=1S/C25H27ClN2O/c26-24-15-7-6-13-22(24)18-27-16-8-14-23(27)19-28(17-20-9-2-1-3-10-20)25(29)21-11-4-5-12-21/h1-3,6-10,13-16,21H,4-5,11-12,17-19H2. The predicted molar refractivity (Wildman–Crippen MR) is 118 cm³/mol. The molecule has 29 heavy (non-hydrogen) atoms. The average molecular weight is 407 g/mol. The van der Waals surface area contributed by atoms with Gasteiger partial charge in [0.05, 0.1) is 6.54 Å². The topological polar surface area (TPSA) is 25.2 Å². The van der Waals surface area contributed by atoms with Crippen molar-refractivity contribution >= 4 is 17.5 Å². The van der Waals surface area contributed by atoms with Crippen molar-refractivity contribution in [3.63, 3.8) is 0 Å². The highest BCUT2D eigenvalue weighted by Crippen LogP contribution is 2.28. The van der Waals surface area contributed by atoms with Crippen molar-refractivity contribution in [3.05, 3.63) is 94.8 Å². The molecule has 0 aliphatic heterocycles. The third kappa shape index (κ3) is 4.91. The number of hydrogen-bond acceptors (Lipinski definition) is 1. The molecule has 0 unspecified atom stereocenters. The summed E-state index contributed by atoms with van der Waals surface area (Å²) in [4.78, 5) is 15.3. The van der Waals surface area contributed by atoms with Gasteiger partial charge in [-0.2, -0.15) is 0 Å². The number of aromatic nitrogens is 1. The highest BCUT2D eigenvalue weighted by atomic mass is 35.5. The molecule has 0 bridgehead atoms. The number of benzene rings is 2. The van der Waals surface area contributed by atoms with Crippen molar-refractivity contribution < 1.29 is 4.79 Å². The lowest BCUT2D eigenvalue weighted by Gasteiger charge is -2.26. The molecule has 1 saturated carbocycles. The van der Waals surface area contributed by atoms with E-state index >= 15 is 0 Å². The molecule has 1 amide bonds. The molecule has 3 aromatic rings. The smallest absolute Gasteiger partial charge is 0.226 e. The second-order valence-electron chi connectivity index (χ2n) is 7.88. The maximum absolute atomic E-state index is 13.3. The fourth-order valence-corrected chi connectivity index (χ4v) is 4.39. The predicted octanol–water partition coefficient (Wildman–Crippen LogP) is 5.91. The van der Waals surface area contributed by atoms with Crippen LogP contribution in [0.5, 0.6) is 0 Å². The van der Waals surface area contributed by atoms with Crippen molar-refractivity contribution in [1.29, 1.82) is 0 Å². The molecule has 2 aromatic carbocycles. The number of hydrogen-bond donors (Lipinski definition) is 0. The second-order valence-corrected chi connectivity index (χ2v) is 8.29. The number of rotatable bonds is 7. The number of halogens is 1. The summed E-state index contributed by atoms with van der Waals surface area (Å²) >= 11 is 6.37. The van der Waals surface area contributed by atoms with E-state index in [1.165, 1.54) is 18.4 Å². The second kappa shape index (κ2) is 9.32. The zero-order valence-electron chi connectivity index (χ0n) is 16.6. The number of amides is 1. The molecule has 1 fully saturated rings. The van der Waals surface area contributed by atoms with Crippen molar-refractivity contribution in [2.75, 3.05) is 0 Å². The molecule has 150 valence electrons. The third-order valence-electron chi connectivity index (χ3n) is 5.81. The van der Waals surface area contributed by atoms with Gasteiger partial charge in [-0.25, -0.2) is 0 Å². The first-order chi connectivity index (χ1) is 14.2. The minimum Gasteiger partial charge on any atom is -0.345 e. The number of nitrogens with zero attached hydrogens (tertiary/aromatic N) is 2. The Kier molecular flexibility index (Phi) is 6.36. The molecule has 4 rings (SSSR count). The molecule has 0 N–H and O–H groups in total. The van der Waals surface area contributed by atoms with E-state index in [2.05, 4.69) is 35.0 Å². The molecule has 4 heteroatoms. The Hall–Kier alpha value is -2.52. The number of carbonyl (C=O) groups is 1. The molecule has 0 spiro atoms. The van der Waals surface area contributed by atoms with Crippen molar-refractivity contribution in [2.45, 2.75) is 45.3 Å². The van der Waals surface area contributed by atoms with Gasteiger partial charge in [-0.05, 0) is 42.2 Å². The Morgan fingerprint density at radius 1 is 0.931 bits per heavy atom. The summed E-state index contributed by atoms with van der Waals surface area (Å²) in [5, 5.41) is 0.773. The lowest BCUT2D eigenvalue weighted by molar-refractivity contribution is -0.136. The molecule has 0 atom stereocenters. The highest BCUT2D eigenvalue weighted by Gasteiger charge is 2.28. The largest absolute Gasteiger partial charge is 0.345 e. The summed E-state index contributed by atoms with van der Waals surface area (Å²) in [7, 11) is 0. The van der Waals surface area contributed by atoms with Gasteiger partial charge in [0.15, 0.2) is 0 Å². The molecular weight excluding hydrogens is 380 g/mol. The fourth-order valence-electron chi connectivity index (χ4n) is 4.20. The van der Waals surface area contributed by atoms with E-state index in [1.807, 2.05) is 47.4 Å². The molecule has 3 nitrogen and oxygen atoms in total. The van der Waals surface area contributed by atoms with Crippen LogP contribution in [0.4, 0.5) is 0 Å². The van der Waals surface area contributed by atoms with Gasteiger partial charge in [-0.1, -0.05) is 73.0 Å². The maximum Gasteiger partial charge on any atom is 0.226 e. The molecule has 1 aromatic heterocycles. The highest BCUT2D eigenvalue weighted by molar-refractivity contribution is 6.31. The van der Waals surface area contributed by atoms with E-state index in [0.717, 1.165) is 29.1 Å². The van der Waals surface area contributed by atoms with E-state index in [4.69, 9.17) is 11.6 Å². The minimum atomic E-state index is 0.172. The Balaban J connectivity index is 1.55. The van der Waals surface area contributed by atoms with Gasteiger partial charge in [0.1, 0.15) is 0 Å². The van der Waals surface area contributed by atoms with E-state index in [1.54, 1.807) is 0 Å². The summed E-state index contributed by atoms with van der Waals surface area (Å²) in [6.45, 7) is 1.97. The Bertz CT molecular complexity index is 944. The van der Waals surface area contributed by atoms with E-state index in [-0.39, 0.29) is 11.8 Å². The molecule has 0 radical (unpaired) electrons. The zero-order chi connectivity index (χ0) is 20.1. The third-order valence-corrected chi connectivity index (χ3v) is 6.18. The van der Waals surface area contributed by atoms with Crippen LogP contribution in [-0.4, -0.2) is 15.4 Å². The first-order valence-electron chi connectivity index (χ1n) is 10.4. The summed E-state index contributed by atoms with van der Waals surface area (Å²) in [5.74, 6) is 0.461. The summed E-state index contributed by atoms with van der Waals surface area (Å²) in [6.07, 6.45) is 6.44. The van der Waals surface area contributed by atoms with E-state index in [9.17, 15) is 4.79 Å². The first-order valence-corrected chi connectivity index (χ1v) is 10.8. The lowest BCUT2D eigenvalue weighted by Crippen LogP contribution is -2.35. The Labute approximate surface area is 177 Å². The normalized spacial score (nSPS) is 14.2. The van der Waals surface area contributed by atoms with Crippen LogP contribution < -0.4 is 0 Å². The van der Waals surface area contributed by atoms with Crippen LogP contribution in [0.15, 0.2) is 72.9 Å². The summed E-state index contributed by atoms with van der Waals surface area (Å²) in [6, 6.07) is 22.4. The SMILES string of the molecule is O=C(C1CCCC1)N(Cc1ccccc1)Cc1cccn1Cc1ccccc1Cl. The number of carbonyl (C=O) groups excluding carboxylic acids is 1. The zero-order valence-corrected chi connectivity index (χ0v) is 17.4. The van der Waals surface area contributed by atoms with Gasteiger partial charge < -0.3 is 9.47 Å². The van der Waals surface area contributed by atoms with Gasteiger partial charge in [-0.15, -0.1) is 0 Å². The monoisotopic (exact) mass is 406 g/mol. The van der Waals surface area contributed by atoms with Gasteiger partial charge >= 0.3 is 0 Å². The summed E-state index contributed by atoms with van der Waals surface area (Å²) in [5.41, 5.74) is 3.39. The van der Waals surface area contributed by atoms with Crippen LogP contribution in [0.1, 0.15) is 42.5 Å². The molecule has 1 aliphatic carbocycles.